The summed E-state index contributed by atoms with van der Waals surface area (Å²) in [5, 5.41) is 4.58. The van der Waals surface area contributed by atoms with E-state index in [1.807, 2.05) is 0 Å². The Morgan fingerprint density at radius 1 is 0.581 bits per heavy atom. The average molecular weight is 587 g/mol. The van der Waals surface area contributed by atoms with Gasteiger partial charge in [0.25, 0.3) is 0 Å². The van der Waals surface area contributed by atoms with Crippen molar-refractivity contribution in [3.63, 3.8) is 0 Å². The SMILES string of the molecule is c1ccc(-n2c3ccccc3c3cc(C4CC5SC6CCCCC6N6C7CCCCC7C7CCCC4C7C56)ccc32)cc1. The smallest absolute Gasteiger partial charge is 0.0541 e. The van der Waals surface area contributed by atoms with Gasteiger partial charge in [0.2, 0.25) is 0 Å². The van der Waals surface area contributed by atoms with Gasteiger partial charge in [-0.15, -0.1) is 0 Å². The zero-order valence-electron chi connectivity index (χ0n) is 25.5. The maximum Gasteiger partial charge on any atom is 0.0541 e. The molecule has 3 heteroatoms. The third-order valence-corrected chi connectivity index (χ3v) is 15.2. The highest BCUT2D eigenvalue weighted by atomic mass is 32.2. The number of fused-ring (bicyclic) bond motifs is 8. The maximum absolute atomic E-state index is 3.31. The van der Waals surface area contributed by atoms with Crippen LogP contribution in [0.25, 0.3) is 27.5 Å². The molecule has 4 aromatic rings. The summed E-state index contributed by atoms with van der Waals surface area (Å²) < 4.78 is 2.49. The van der Waals surface area contributed by atoms with E-state index in [-0.39, 0.29) is 0 Å². The van der Waals surface area contributed by atoms with E-state index in [1.54, 1.807) is 5.56 Å². The Hall–Kier alpha value is -2.23. The third kappa shape index (κ3) is 3.83. The Balaban J connectivity index is 1.10. The summed E-state index contributed by atoms with van der Waals surface area (Å²) in [6.45, 7) is 0. The van der Waals surface area contributed by atoms with Crippen molar-refractivity contribution in [3.8, 4) is 5.69 Å². The number of thioether (sulfide) groups is 1. The molecular weight excluding hydrogens is 541 g/mol. The molecule has 222 valence electrons. The van der Waals surface area contributed by atoms with Crippen LogP contribution in [-0.4, -0.2) is 38.1 Å². The molecule has 0 amide bonds. The molecule has 3 heterocycles. The zero-order valence-corrected chi connectivity index (χ0v) is 26.3. The molecule has 1 aromatic heterocycles. The molecule has 0 radical (unpaired) electrons. The number of para-hydroxylation sites is 2. The van der Waals surface area contributed by atoms with Crippen molar-refractivity contribution < 1.29 is 0 Å². The van der Waals surface area contributed by atoms with E-state index in [1.165, 1.54) is 105 Å². The Morgan fingerprint density at radius 3 is 2.26 bits per heavy atom. The Kier molecular flexibility index (Phi) is 6.14. The van der Waals surface area contributed by atoms with E-state index >= 15 is 0 Å². The highest BCUT2D eigenvalue weighted by Crippen LogP contribution is 2.64. The van der Waals surface area contributed by atoms with Gasteiger partial charge in [-0.05, 0) is 110 Å². The fraction of sp³-hybridized carbons (Fsp3) is 0.550. The summed E-state index contributed by atoms with van der Waals surface area (Å²) >= 11 is 2.49. The summed E-state index contributed by atoms with van der Waals surface area (Å²) in [6.07, 6.45) is 17.8. The second kappa shape index (κ2) is 10.1. The minimum Gasteiger partial charge on any atom is -0.309 e. The minimum absolute atomic E-state index is 0.715. The van der Waals surface area contributed by atoms with Crippen LogP contribution in [0.2, 0.25) is 0 Å². The molecule has 2 saturated heterocycles. The number of nitrogens with zero attached hydrogens (tertiary/aromatic N) is 2. The van der Waals surface area contributed by atoms with Gasteiger partial charge >= 0.3 is 0 Å². The van der Waals surface area contributed by atoms with Crippen molar-refractivity contribution in [3.05, 3.63) is 78.4 Å². The normalized spacial score (nSPS) is 38.8. The molecule has 3 aromatic carbocycles. The summed E-state index contributed by atoms with van der Waals surface area (Å²) in [5.74, 6) is 4.47. The predicted octanol–water partition coefficient (Wildman–Crippen LogP) is 9.97. The molecule has 0 bridgehead atoms. The lowest BCUT2D eigenvalue weighted by molar-refractivity contribution is -0.142. The molecule has 10 unspecified atom stereocenters. The number of hydrogen-bond acceptors (Lipinski definition) is 2. The number of piperidine rings is 1. The van der Waals surface area contributed by atoms with E-state index in [9.17, 15) is 0 Å². The van der Waals surface area contributed by atoms with Gasteiger partial charge in [-0.1, -0.05) is 74.6 Å². The molecule has 4 saturated carbocycles. The number of rotatable bonds is 2. The van der Waals surface area contributed by atoms with Crippen LogP contribution < -0.4 is 0 Å². The van der Waals surface area contributed by atoms with E-state index < -0.39 is 0 Å². The Bertz CT molecular complexity index is 1660. The molecule has 0 spiro atoms. The van der Waals surface area contributed by atoms with Crippen LogP contribution in [0.1, 0.15) is 88.5 Å². The van der Waals surface area contributed by atoms with Crippen molar-refractivity contribution in [2.24, 2.45) is 23.7 Å². The summed E-state index contributed by atoms with van der Waals surface area (Å²) in [4.78, 5) is 3.31. The van der Waals surface area contributed by atoms with Crippen LogP contribution in [0.15, 0.2) is 72.8 Å². The first-order valence-electron chi connectivity index (χ1n) is 17.9. The number of benzene rings is 3. The second-order valence-electron chi connectivity index (χ2n) is 15.2. The van der Waals surface area contributed by atoms with Gasteiger partial charge in [0, 0.05) is 45.1 Å². The van der Waals surface area contributed by atoms with Crippen LogP contribution in [0.3, 0.4) is 0 Å². The fourth-order valence-electron chi connectivity index (χ4n) is 12.1. The van der Waals surface area contributed by atoms with Gasteiger partial charge in [0.15, 0.2) is 0 Å². The molecule has 2 nitrogen and oxygen atoms in total. The van der Waals surface area contributed by atoms with Gasteiger partial charge < -0.3 is 4.57 Å². The van der Waals surface area contributed by atoms with Crippen molar-refractivity contribution in [2.45, 2.75) is 112 Å². The fourth-order valence-corrected chi connectivity index (χ4v) is 14.1. The lowest BCUT2D eigenvalue weighted by Crippen LogP contribution is -2.73. The Labute approximate surface area is 261 Å². The Morgan fingerprint density at radius 2 is 1.33 bits per heavy atom. The first-order valence-corrected chi connectivity index (χ1v) is 18.8. The van der Waals surface area contributed by atoms with Gasteiger partial charge in [-0.25, -0.2) is 0 Å². The second-order valence-corrected chi connectivity index (χ2v) is 16.6. The van der Waals surface area contributed by atoms with E-state index in [2.05, 4.69) is 94.0 Å². The van der Waals surface area contributed by atoms with Crippen molar-refractivity contribution in [2.75, 3.05) is 0 Å². The lowest BCUT2D eigenvalue weighted by Gasteiger charge is -2.69. The number of aromatic nitrogens is 1. The van der Waals surface area contributed by atoms with Gasteiger partial charge in [-0.2, -0.15) is 11.8 Å². The molecule has 0 N–H and O–H groups in total. The molecule has 4 aliphatic carbocycles. The topological polar surface area (TPSA) is 8.17 Å². The summed E-state index contributed by atoms with van der Waals surface area (Å²) in [6, 6.07) is 30.5. The standard InChI is InChI=1S/C40H46N2S/c1-2-11-26(12-3-1)41-33-17-6-5-14-28(33)32-23-25(21-22-35(32)41)31-24-38-40-39-29(15-10-16-30(31)39)27-13-4-7-18-34(27)42(40)36-19-8-9-20-37(36)43-38/h1-3,5-6,11-12,14,17,21-23,27,29-31,34,36-40H,4,7-10,13,15-16,18-20,24H2. The van der Waals surface area contributed by atoms with Gasteiger partial charge in [0.1, 0.15) is 0 Å². The van der Waals surface area contributed by atoms with Gasteiger partial charge in [-0.3, -0.25) is 4.90 Å². The summed E-state index contributed by atoms with van der Waals surface area (Å²) in [7, 11) is 0. The largest absolute Gasteiger partial charge is 0.309 e. The van der Waals surface area contributed by atoms with Crippen LogP contribution in [-0.2, 0) is 0 Å². The first-order chi connectivity index (χ1) is 21.3. The van der Waals surface area contributed by atoms with E-state index in [0.717, 1.165) is 52.3 Å². The van der Waals surface area contributed by atoms with Crippen molar-refractivity contribution >= 4 is 33.6 Å². The van der Waals surface area contributed by atoms with E-state index in [4.69, 9.17) is 0 Å². The van der Waals surface area contributed by atoms with Crippen LogP contribution in [0.4, 0.5) is 0 Å². The lowest BCUT2D eigenvalue weighted by atomic mass is 9.51. The highest BCUT2D eigenvalue weighted by molar-refractivity contribution is 8.00. The maximum atomic E-state index is 3.31. The predicted molar refractivity (Wildman–Crippen MR) is 181 cm³/mol. The number of hydrogen-bond donors (Lipinski definition) is 0. The van der Waals surface area contributed by atoms with Crippen LogP contribution in [0, 0.1) is 23.7 Å². The molecule has 43 heavy (non-hydrogen) atoms. The van der Waals surface area contributed by atoms with Gasteiger partial charge in [0.05, 0.1) is 11.0 Å². The van der Waals surface area contributed by atoms with Crippen LogP contribution in [0.5, 0.6) is 0 Å². The average Bonchev–Trinajstić information content (AvgIpc) is 3.41. The summed E-state index contributed by atoms with van der Waals surface area (Å²) in [5.41, 5.74) is 5.61. The molecule has 2 aliphatic heterocycles. The monoisotopic (exact) mass is 586 g/mol. The quantitative estimate of drug-likeness (QED) is 0.231. The zero-order chi connectivity index (χ0) is 28.1. The van der Waals surface area contributed by atoms with Crippen LogP contribution >= 0.6 is 11.8 Å². The van der Waals surface area contributed by atoms with Crippen molar-refractivity contribution in [1.29, 1.82) is 0 Å². The van der Waals surface area contributed by atoms with Crippen molar-refractivity contribution in [1.82, 2.24) is 9.47 Å². The molecular formula is C40H46N2S. The molecule has 6 fully saturated rings. The molecule has 10 atom stereocenters. The first kappa shape index (κ1) is 26.0. The van der Waals surface area contributed by atoms with E-state index in [0.29, 0.717) is 5.92 Å². The minimum atomic E-state index is 0.715. The highest BCUT2D eigenvalue weighted by Gasteiger charge is 2.62. The molecule has 10 rings (SSSR count). The third-order valence-electron chi connectivity index (χ3n) is 13.4. The molecule has 6 aliphatic rings.